The van der Waals surface area contributed by atoms with Crippen molar-refractivity contribution in [2.75, 3.05) is 0 Å². The summed E-state index contributed by atoms with van der Waals surface area (Å²) in [5, 5.41) is 0. The van der Waals surface area contributed by atoms with Crippen LogP contribution in [0.2, 0.25) is 0 Å². The molecule has 0 aliphatic heterocycles. The molecule has 0 fully saturated rings. The van der Waals surface area contributed by atoms with Gasteiger partial charge in [-0.05, 0) is 13.3 Å². The molecule has 0 aromatic heterocycles. The molecule has 3 heteroatoms. The van der Waals surface area contributed by atoms with Gasteiger partial charge in [0.15, 0.2) is 5.78 Å². The summed E-state index contributed by atoms with van der Waals surface area (Å²) >= 11 is 0. The number of allylic oxidation sites excluding steroid dienone is 6. The number of nitrogens with two attached hydrogens (primary N) is 1. The number of carbonyl (C=O) groups is 2. The van der Waals surface area contributed by atoms with Crippen molar-refractivity contribution in [2.24, 2.45) is 5.73 Å². The van der Waals surface area contributed by atoms with Crippen LogP contribution in [0.4, 0.5) is 0 Å². The van der Waals surface area contributed by atoms with Crippen LogP contribution in [0, 0.1) is 0 Å². The van der Waals surface area contributed by atoms with E-state index in [1.165, 1.54) is 6.92 Å². The molecule has 0 radical (unpaired) electrons. The van der Waals surface area contributed by atoms with Gasteiger partial charge >= 0.3 is 0 Å². The fraction of sp³-hybridized carbons (Fsp3) is 0.429. The molecule has 96 valence electrons. The summed E-state index contributed by atoms with van der Waals surface area (Å²) in [5.74, 6) is -0.140. The largest absolute Gasteiger partial charge is 0.370 e. The van der Waals surface area contributed by atoms with Crippen molar-refractivity contribution in [3.05, 3.63) is 36.0 Å². The number of amides is 1. The predicted molar refractivity (Wildman–Crippen MR) is 72.5 cm³/mol. The Morgan fingerprint density at radius 3 is 2.12 bits per heavy atom. The molecule has 0 saturated carbocycles. The van der Waals surface area contributed by atoms with Crippen LogP contribution >= 0.6 is 0 Å². The zero-order valence-corrected chi connectivity index (χ0v) is 11.2. The van der Waals surface area contributed by atoms with Crippen molar-refractivity contribution < 1.29 is 9.59 Å². The van der Waals surface area contributed by atoms with E-state index in [0.717, 1.165) is 12.0 Å². The Hall–Kier alpha value is -1.64. The molecular weight excluding hydrogens is 214 g/mol. The summed E-state index contributed by atoms with van der Waals surface area (Å²) in [5.41, 5.74) is 5.26. The van der Waals surface area contributed by atoms with Gasteiger partial charge in [-0.15, -0.1) is 0 Å². The number of hydrogen-bond donors (Lipinski definition) is 1. The van der Waals surface area contributed by atoms with Crippen LogP contribution in [0.15, 0.2) is 36.0 Å². The van der Waals surface area contributed by atoms with E-state index in [2.05, 4.69) is 12.7 Å². The number of ketones is 1. The second-order valence-electron chi connectivity index (χ2n) is 3.35. The average Bonchev–Trinajstić information content (AvgIpc) is 2.26. The van der Waals surface area contributed by atoms with Crippen molar-refractivity contribution in [1.82, 2.24) is 0 Å². The van der Waals surface area contributed by atoms with Gasteiger partial charge in [-0.2, -0.15) is 0 Å². The summed E-state index contributed by atoms with van der Waals surface area (Å²) in [4.78, 5) is 20.6. The molecule has 0 rings (SSSR count). The molecule has 0 bridgehead atoms. The van der Waals surface area contributed by atoms with Gasteiger partial charge in [-0.1, -0.05) is 44.2 Å². The molecule has 0 aliphatic rings. The Morgan fingerprint density at radius 2 is 1.76 bits per heavy atom. The third-order valence-corrected chi connectivity index (χ3v) is 1.64. The van der Waals surface area contributed by atoms with Crippen LogP contribution in [0.25, 0.3) is 0 Å². The minimum Gasteiger partial charge on any atom is -0.370 e. The minimum absolute atomic E-state index is 0.193. The Morgan fingerprint density at radius 1 is 1.24 bits per heavy atom. The van der Waals surface area contributed by atoms with Crippen LogP contribution in [0.3, 0.4) is 0 Å². The summed E-state index contributed by atoms with van der Waals surface area (Å²) < 4.78 is 0. The molecule has 0 spiro atoms. The van der Waals surface area contributed by atoms with Gasteiger partial charge in [-0.3, -0.25) is 9.59 Å². The van der Waals surface area contributed by atoms with Crippen molar-refractivity contribution in [3.8, 4) is 0 Å². The third kappa shape index (κ3) is 14.4. The maximum absolute atomic E-state index is 11.3. The lowest BCUT2D eigenvalue weighted by molar-refractivity contribution is -0.116. The molecule has 17 heavy (non-hydrogen) atoms. The van der Waals surface area contributed by atoms with Crippen molar-refractivity contribution in [3.63, 3.8) is 0 Å². The molecule has 2 N–H and O–H groups in total. The van der Waals surface area contributed by atoms with E-state index in [1.807, 2.05) is 44.2 Å². The normalized spacial score (nSPS) is 11.4. The highest BCUT2D eigenvalue weighted by Gasteiger charge is 2.00. The molecule has 0 atom stereocenters. The predicted octanol–water partition coefficient (Wildman–Crippen LogP) is 2.93. The molecule has 0 aromatic carbocycles. The minimum atomic E-state index is -0.333. The number of primary amides is 1. The number of hydrogen-bond acceptors (Lipinski definition) is 2. The van der Waals surface area contributed by atoms with Crippen molar-refractivity contribution in [2.45, 2.75) is 40.5 Å². The van der Waals surface area contributed by atoms with E-state index < -0.39 is 0 Å². The molecule has 0 aromatic rings. The fourth-order valence-electron chi connectivity index (χ4n) is 0.933. The smallest absolute Gasteiger partial charge is 0.214 e. The zero-order chi connectivity index (χ0) is 13.7. The maximum Gasteiger partial charge on any atom is 0.214 e. The molecule has 1 amide bonds. The van der Waals surface area contributed by atoms with E-state index in [1.54, 1.807) is 0 Å². The average molecular weight is 237 g/mol. The van der Waals surface area contributed by atoms with Crippen LogP contribution in [0.1, 0.15) is 40.5 Å². The lowest BCUT2D eigenvalue weighted by atomic mass is 10.1. The van der Waals surface area contributed by atoms with Crippen LogP contribution in [-0.2, 0) is 9.59 Å². The van der Waals surface area contributed by atoms with E-state index in [9.17, 15) is 9.59 Å². The molecule has 0 heterocycles. The molecule has 0 saturated heterocycles. The molecule has 0 aliphatic carbocycles. The molecule has 0 unspecified atom stereocenters. The summed E-state index contributed by atoms with van der Waals surface area (Å²) in [6, 6.07) is 0. The second kappa shape index (κ2) is 12.4. The first kappa shape index (κ1) is 17.7. The topological polar surface area (TPSA) is 60.2 Å². The highest BCUT2D eigenvalue weighted by atomic mass is 16.1. The Balaban J connectivity index is 0. The fourth-order valence-corrected chi connectivity index (χ4v) is 0.933. The Kier molecular flexibility index (Phi) is 13.0. The molecular formula is C14H23NO2. The Labute approximate surface area is 104 Å². The van der Waals surface area contributed by atoms with Gasteiger partial charge in [0.1, 0.15) is 0 Å². The van der Waals surface area contributed by atoms with Gasteiger partial charge < -0.3 is 5.73 Å². The Bertz CT molecular complexity index is 308. The lowest BCUT2D eigenvalue weighted by Gasteiger charge is -1.95. The maximum atomic E-state index is 11.3. The van der Waals surface area contributed by atoms with Gasteiger partial charge in [0.05, 0.1) is 0 Å². The zero-order valence-electron chi connectivity index (χ0n) is 11.2. The number of carbonyl (C=O) groups excluding carboxylic acids is 2. The van der Waals surface area contributed by atoms with Crippen molar-refractivity contribution >= 4 is 11.7 Å². The van der Waals surface area contributed by atoms with E-state index in [0.29, 0.717) is 6.42 Å². The second-order valence-corrected chi connectivity index (χ2v) is 3.35. The van der Waals surface area contributed by atoms with E-state index in [-0.39, 0.29) is 11.7 Å². The highest BCUT2D eigenvalue weighted by Crippen LogP contribution is 2.02. The van der Waals surface area contributed by atoms with Gasteiger partial charge in [0.2, 0.25) is 5.91 Å². The summed E-state index contributed by atoms with van der Waals surface area (Å²) in [7, 11) is 0. The SMILES string of the molecule is CC(N)=O.C\C=C/C(=C\C=C\CC)C(=O)CC. The van der Waals surface area contributed by atoms with Gasteiger partial charge in [0, 0.05) is 18.9 Å². The summed E-state index contributed by atoms with van der Waals surface area (Å²) in [6.45, 7) is 7.17. The van der Waals surface area contributed by atoms with Crippen LogP contribution < -0.4 is 5.73 Å². The summed E-state index contributed by atoms with van der Waals surface area (Å²) in [6.07, 6.45) is 11.1. The first-order chi connectivity index (χ1) is 7.99. The first-order valence-electron chi connectivity index (χ1n) is 5.78. The standard InChI is InChI=1S/C12H18O.C2H5NO/c1-4-7-8-10-11(9-5-2)12(13)6-3;1-2(3)4/h5,7-10H,4,6H2,1-3H3;1H3,(H2,3,4)/b8-7+,9-5-,11-10+;. The number of Topliss-reactive ketones (excluding diaryl/α,β-unsaturated/α-hetero) is 1. The monoisotopic (exact) mass is 237 g/mol. The van der Waals surface area contributed by atoms with Gasteiger partial charge in [0.25, 0.3) is 0 Å². The lowest BCUT2D eigenvalue weighted by Crippen LogP contribution is -2.01. The van der Waals surface area contributed by atoms with E-state index >= 15 is 0 Å². The van der Waals surface area contributed by atoms with Crippen molar-refractivity contribution in [1.29, 1.82) is 0 Å². The quantitative estimate of drug-likeness (QED) is 0.590. The van der Waals surface area contributed by atoms with Crippen LogP contribution in [0.5, 0.6) is 0 Å². The van der Waals surface area contributed by atoms with Gasteiger partial charge in [-0.25, -0.2) is 0 Å². The van der Waals surface area contributed by atoms with E-state index in [4.69, 9.17) is 0 Å². The number of rotatable bonds is 5. The third-order valence-electron chi connectivity index (χ3n) is 1.64. The molecule has 3 nitrogen and oxygen atoms in total. The highest BCUT2D eigenvalue weighted by molar-refractivity contribution is 5.97. The first-order valence-corrected chi connectivity index (χ1v) is 5.78. The van der Waals surface area contributed by atoms with Crippen LogP contribution in [-0.4, -0.2) is 11.7 Å².